The Bertz CT molecular complexity index is 631. The fraction of sp³-hybridized carbons (Fsp3) is 0.455. The van der Waals surface area contributed by atoms with Gasteiger partial charge >= 0.3 is 0 Å². The lowest BCUT2D eigenvalue weighted by Crippen LogP contribution is -2.45. The van der Waals surface area contributed by atoms with Gasteiger partial charge in [-0.05, 0) is 56.4 Å². The van der Waals surface area contributed by atoms with Crippen LogP contribution in [0.25, 0.3) is 0 Å². The summed E-state index contributed by atoms with van der Waals surface area (Å²) < 4.78 is 11.3. The Morgan fingerprint density at radius 3 is 2.25 bits per heavy atom. The van der Waals surface area contributed by atoms with Crippen LogP contribution in [-0.4, -0.2) is 19.3 Å². The maximum atomic E-state index is 6.00. The molecule has 1 unspecified atom stereocenters. The second kappa shape index (κ2) is 7.40. The predicted octanol–water partition coefficient (Wildman–Crippen LogP) is 5.40. The Balaban J connectivity index is 0.00000208. The molecule has 3 rings (SSSR count). The van der Waals surface area contributed by atoms with E-state index in [4.69, 9.17) is 9.47 Å². The number of hydrogen-bond donors (Lipinski definition) is 0. The van der Waals surface area contributed by atoms with Crippen LogP contribution in [0.1, 0.15) is 45.2 Å². The lowest BCUT2D eigenvalue weighted by Gasteiger charge is -2.45. The first-order valence-corrected chi connectivity index (χ1v) is 8.35. The largest absolute Gasteiger partial charge is 0.497 e. The van der Waals surface area contributed by atoms with Crippen molar-refractivity contribution in [3.8, 4) is 5.75 Å². The minimum absolute atomic E-state index is 0. The lowest BCUT2D eigenvalue weighted by atomic mass is 9.66. The quantitative estimate of drug-likeness (QED) is 0.749. The standard InChI is InChI=1S/C21H26O2.CH4/c1-20(2)16-21(13-14-23-20,18-7-5-4-6-8-18)15-17-9-11-19(22-3)12-10-17;/h4-12H,13-16H2,1-3H3;1H4. The SMILES string of the molecule is C.COc1ccc(CC2(c3ccccc3)CCOC(C)(C)C2)cc1. The van der Waals surface area contributed by atoms with Gasteiger partial charge in [0.05, 0.1) is 12.7 Å². The highest BCUT2D eigenvalue weighted by Gasteiger charge is 2.42. The van der Waals surface area contributed by atoms with E-state index in [1.165, 1.54) is 11.1 Å². The van der Waals surface area contributed by atoms with Crippen LogP contribution in [0.5, 0.6) is 5.75 Å². The molecule has 130 valence electrons. The van der Waals surface area contributed by atoms with E-state index in [0.717, 1.165) is 31.6 Å². The molecule has 2 aromatic rings. The van der Waals surface area contributed by atoms with Crippen LogP contribution in [0.15, 0.2) is 54.6 Å². The average molecular weight is 326 g/mol. The molecular formula is C22H30O2. The van der Waals surface area contributed by atoms with Gasteiger partial charge in [-0.15, -0.1) is 0 Å². The molecule has 0 saturated carbocycles. The van der Waals surface area contributed by atoms with Crippen molar-refractivity contribution < 1.29 is 9.47 Å². The number of benzene rings is 2. The van der Waals surface area contributed by atoms with Crippen molar-refractivity contribution in [1.29, 1.82) is 0 Å². The molecule has 0 radical (unpaired) electrons. The Kier molecular flexibility index (Phi) is 5.71. The van der Waals surface area contributed by atoms with Crippen molar-refractivity contribution in [2.24, 2.45) is 0 Å². The summed E-state index contributed by atoms with van der Waals surface area (Å²) in [6.45, 7) is 5.23. The smallest absolute Gasteiger partial charge is 0.118 e. The van der Waals surface area contributed by atoms with E-state index in [-0.39, 0.29) is 18.4 Å². The summed E-state index contributed by atoms with van der Waals surface area (Å²) in [6.07, 6.45) is 3.14. The third-order valence-electron chi connectivity index (χ3n) is 4.93. The Morgan fingerprint density at radius 2 is 1.67 bits per heavy atom. The molecule has 0 aromatic heterocycles. The van der Waals surface area contributed by atoms with E-state index in [1.807, 2.05) is 0 Å². The van der Waals surface area contributed by atoms with E-state index < -0.39 is 0 Å². The summed E-state index contributed by atoms with van der Waals surface area (Å²) in [5, 5.41) is 0. The Labute approximate surface area is 146 Å². The maximum Gasteiger partial charge on any atom is 0.118 e. The molecule has 0 N–H and O–H groups in total. The molecule has 2 nitrogen and oxygen atoms in total. The second-order valence-corrected chi connectivity index (χ2v) is 7.21. The second-order valence-electron chi connectivity index (χ2n) is 7.21. The van der Waals surface area contributed by atoms with E-state index in [9.17, 15) is 0 Å². The highest BCUT2D eigenvalue weighted by molar-refractivity contribution is 5.33. The zero-order valence-electron chi connectivity index (χ0n) is 14.3. The normalized spacial score (nSPS) is 22.5. The van der Waals surface area contributed by atoms with Gasteiger partial charge in [-0.3, -0.25) is 0 Å². The van der Waals surface area contributed by atoms with Gasteiger partial charge in [0.2, 0.25) is 0 Å². The molecule has 0 amide bonds. The molecule has 1 aliphatic heterocycles. The molecule has 24 heavy (non-hydrogen) atoms. The van der Waals surface area contributed by atoms with Crippen molar-refractivity contribution in [1.82, 2.24) is 0 Å². The van der Waals surface area contributed by atoms with Crippen LogP contribution in [-0.2, 0) is 16.6 Å². The first-order valence-electron chi connectivity index (χ1n) is 8.35. The number of methoxy groups -OCH3 is 1. The van der Waals surface area contributed by atoms with Gasteiger partial charge in [0.15, 0.2) is 0 Å². The van der Waals surface area contributed by atoms with Gasteiger partial charge in [-0.1, -0.05) is 49.9 Å². The van der Waals surface area contributed by atoms with Crippen LogP contribution in [0.3, 0.4) is 0 Å². The van der Waals surface area contributed by atoms with Crippen LogP contribution in [0.2, 0.25) is 0 Å². The Morgan fingerprint density at radius 1 is 1.00 bits per heavy atom. The van der Waals surface area contributed by atoms with Crippen molar-refractivity contribution in [3.05, 3.63) is 65.7 Å². The van der Waals surface area contributed by atoms with E-state index in [2.05, 4.69) is 68.4 Å². The molecule has 1 aliphatic rings. The van der Waals surface area contributed by atoms with Gasteiger partial charge in [0.1, 0.15) is 5.75 Å². The number of rotatable bonds is 4. The van der Waals surface area contributed by atoms with Crippen molar-refractivity contribution >= 4 is 0 Å². The molecular weight excluding hydrogens is 296 g/mol. The molecule has 0 spiro atoms. The monoisotopic (exact) mass is 326 g/mol. The summed E-state index contributed by atoms with van der Waals surface area (Å²) in [6, 6.07) is 19.4. The summed E-state index contributed by atoms with van der Waals surface area (Å²) in [5.74, 6) is 0.912. The van der Waals surface area contributed by atoms with Gasteiger partial charge in [-0.25, -0.2) is 0 Å². The molecule has 1 heterocycles. The molecule has 1 fully saturated rings. The van der Waals surface area contributed by atoms with Crippen molar-refractivity contribution in [3.63, 3.8) is 0 Å². The number of ether oxygens (including phenoxy) is 2. The summed E-state index contributed by atoms with van der Waals surface area (Å²) >= 11 is 0. The van der Waals surface area contributed by atoms with Crippen molar-refractivity contribution in [2.45, 2.75) is 51.6 Å². The van der Waals surface area contributed by atoms with Crippen molar-refractivity contribution in [2.75, 3.05) is 13.7 Å². The van der Waals surface area contributed by atoms with E-state index in [1.54, 1.807) is 7.11 Å². The third kappa shape index (κ3) is 3.99. The molecule has 1 atom stereocenters. The molecule has 0 bridgehead atoms. The first kappa shape index (κ1) is 18.5. The van der Waals surface area contributed by atoms with Crippen LogP contribution >= 0.6 is 0 Å². The van der Waals surface area contributed by atoms with Gasteiger partial charge < -0.3 is 9.47 Å². The van der Waals surface area contributed by atoms with E-state index in [0.29, 0.717) is 0 Å². The summed E-state index contributed by atoms with van der Waals surface area (Å²) in [4.78, 5) is 0. The third-order valence-corrected chi connectivity index (χ3v) is 4.93. The van der Waals surface area contributed by atoms with Gasteiger partial charge in [0, 0.05) is 12.0 Å². The average Bonchev–Trinajstić information content (AvgIpc) is 2.55. The highest BCUT2D eigenvalue weighted by Crippen LogP contribution is 2.43. The molecule has 2 aromatic carbocycles. The highest BCUT2D eigenvalue weighted by atomic mass is 16.5. The van der Waals surface area contributed by atoms with Crippen LogP contribution in [0.4, 0.5) is 0 Å². The summed E-state index contributed by atoms with van der Waals surface area (Å²) in [5.41, 5.74) is 2.83. The fourth-order valence-corrected chi connectivity index (χ4v) is 3.90. The lowest BCUT2D eigenvalue weighted by molar-refractivity contribution is -0.0824. The minimum atomic E-state index is -0.0828. The Hall–Kier alpha value is -1.80. The number of hydrogen-bond acceptors (Lipinski definition) is 2. The molecule has 2 heteroatoms. The van der Waals surface area contributed by atoms with Gasteiger partial charge in [-0.2, -0.15) is 0 Å². The fourth-order valence-electron chi connectivity index (χ4n) is 3.90. The van der Waals surface area contributed by atoms with Crippen LogP contribution < -0.4 is 4.74 Å². The van der Waals surface area contributed by atoms with E-state index >= 15 is 0 Å². The topological polar surface area (TPSA) is 18.5 Å². The van der Waals surface area contributed by atoms with Crippen LogP contribution in [0, 0.1) is 0 Å². The zero-order valence-corrected chi connectivity index (χ0v) is 14.3. The molecule has 0 aliphatic carbocycles. The zero-order chi connectivity index (χ0) is 16.3. The maximum absolute atomic E-state index is 6.00. The predicted molar refractivity (Wildman–Crippen MR) is 101 cm³/mol. The van der Waals surface area contributed by atoms with Gasteiger partial charge in [0.25, 0.3) is 0 Å². The summed E-state index contributed by atoms with van der Waals surface area (Å²) in [7, 11) is 1.71. The first-order chi connectivity index (χ1) is 11.0. The molecule has 1 saturated heterocycles. The minimum Gasteiger partial charge on any atom is -0.497 e.